The molecule has 1 unspecified atom stereocenters. The van der Waals surface area contributed by atoms with Crippen LogP contribution in [0.2, 0.25) is 0 Å². The van der Waals surface area contributed by atoms with E-state index in [1.807, 2.05) is 0 Å². The van der Waals surface area contributed by atoms with Crippen molar-refractivity contribution in [2.24, 2.45) is 5.92 Å². The van der Waals surface area contributed by atoms with Gasteiger partial charge in [0.25, 0.3) is 0 Å². The minimum absolute atomic E-state index is 0.630. The predicted octanol–water partition coefficient (Wildman–Crippen LogP) is 1.82. The van der Waals surface area contributed by atoms with Gasteiger partial charge in [-0.25, -0.2) is 0 Å². The van der Waals surface area contributed by atoms with E-state index in [-0.39, 0.29) is 0 Å². The highest BCUT2D eigenvalue weighted by Gasteiger charge is 2.16. The molecule has 3 nitrogen and oxygen atoms in total. The van der Waals surface area contributed by atoms with Gasteiger partial charge in [-0.2, -0.15) is 0 Å². The summed E-state index contributed by atoms with van der Waals surface area (Å²) in [6.45, 7) is 6.12. The molecule has 1 atom stereocenters. The van der Waals surface area contributed by atoms with Gasteiger partial charge >= 0.3 is 0 Å². The average Bonchev–Trinajstić information content (AvgIpc) is 2.26. The Morgan fingerprint density at radius 3 is 2.80 bits per heavy atom. The van der Waals surface area contributed by atoms with Gasteiger partial charge in [-0.15, -0.1) is 0 Å². The lowest BCUT2D eigenvalue weighted by atomic mass is 9.93. The SMILES string of the molecule is COCCCNC(C)CC1CCOCC1. The smallest absolute Gasteiger partial charge is 0.0474 e. The van der Waals surface area contributed by atoms with Crippen molar-refractivity contribution in [3.63, 3.8) is 0 Å². The molecule has 15 heavy (non-hydrogen) atoms. The number of hydrogen-bond acceptors (Lipinski definition) is 3. The van der Waals surface area contributed by atoms with E-state index in [1.54, 1.807) is 7.11 Å². The van der Waals surface area contributed by atoms with E-state index < -0.39 is 0 Å². The average molecular weight is 215 g/mol. The highest BCUT2D eigenvalue weighted by atomic mass is 16.5. The van der Waals surface area contributed by atoms with Gasteiger partial charge in [-0.3, -0.25) is 0 Å². The Labute approximate surface area is 93.5 Å². The maximum atomic E-state index is 5.36. The zero-order valence-electron chi connectivity index (χ0n) is 10.1. The molecule has 0 radical (unpaired) electrons. The van der Waals surface area contributed by atoms with Crippen molar-refractivity contribution in [3.05, 3.63) is 0 Å². The van der Waals surface area contributed by atoms with Crippen LogP contribution in [0.1, 0.15) is 32.6 Å². The van der Waals surface area contributed by atoms with Crippen LogP contribution < -0.4 is 5.32 Å². The molecule has 90 valence electrons. The van der Waals surface area contributed by atoms with Crippen molar-refractivity contribution in [2.45, 2.75) is 38.6 Å². The third-order valence-corrected chi connectivity index (χ3v) is 3.05. The van der Waals surface area contributed by atoms with E-state index in [0.717, 1.165) is 38.7 Å². The highest BCUT2D eigenvalue weighted by molar-refractivity contribution is 4.70. The van der Waals surface area contributed by atoms with Gasteiger partial charge in [0.15, 0.2) is 0 Å². The maximum absolute atomic E-state index is 5.36. The number of nitrogens with one attached hydrogen (secondary N) is 1. The van der Waals surface area contributed by atoms with Gasteiger partial charge in [0, 0.05) is 33.0 Å². The highest BCUT2D eigenvalue weighted by Crippen LogP contribution is 2.19. The lowest BCUT2D eigenvalue weighted by molar-refractivity contribution is 0.0611. The molecule has 0 aliphatic carbocycles. The van der Waals surface area contributed by atoms with Gasteiger partial charge in [0.2, 0.25) is 0 Å². The summed E-state index contributed by atoms with van der Waals surface area (Å²) < 4.78 is 10.4. The molecule has 1 aliphatic rings. The summed E-state index contributed by atoms with van der Waals surface area (Å²) in [6, 6.07) is 0.630. The van der Waals surface area contributed by atoms with E-state index in [2.05, 4.69) is 12.2 Å². The first-order chi connectivity index (χ1) is 7.33. The summed E-state index contributed by atoms with van der Waals surface area (Å²) in [5.74, 6) is 0.865. The molecule has 0 aromatic rings. The summed E-state index contributed by atoms with van der Waals surface area (Å²) in [7, 11) is 1.76. The van der Waals surface area contributed by atoms with Crippen LogP contribution in [0.25, 0.3) is 0 Å². The van der Waals surface area contributed by atoms with Crippen molar-refractivity contribution < 1.29 is 9.47 Å². The van der Waals surface area contributed by atoms with Crippen LogP contribution in [0.5, 0.6) is 0 Å². The first-order valence-corrected chi connectivity index (χ1v) is 6.13. The molecule has 1 aliphatic heterocycles. The van der Waals surface area contributed by atoms with Gasteiger partial charge in [0.05, 0.1) is 0 Å². The van der Waals surface area contributed by atoms with E-state index in [4.69, 9.17) is 9.47 Å². The predicted molar refractivity (Wildman–Crippen MR) is 62.1 cm³/mol. The second kappa shape index (κ2) is 8.08. The molecular weight excluding hydrogens is 190 g/mol. The number of methoxy groups -OCH3 is 1. The van der Waals surface area contributed by atoms with Crippen molar-refractivity contribution in [1.29, 1.82) is 0 Å². The van der Waals surface area contributed by atoms with E-state index >= 15 is 0 Å². The van der Waals surface area contributed by atoms with Crippen LogP contribution in [-0.4, -0.2) is 39.5 Å². The van der Waals surface area contributed by atoms with Crippen molar-refractivity contribution >= 4 is 0 Å². The van der Waals surface area contributed by atoms with Crippen molar-refractivity contribution in [3.8, 4) is 0 Å². The van der Waals surface area contributed by atoms with E-state index in [9.17, 15) is 0 Å². The number of hydrogen-bond donors (Lipinski definition) is 1. The molecule has 3 heteroatoms. The Balaban J connectivity index is 1.98. The minimum atomic E-state index is 0.630. The van der Waals surface area contributed by atoms with E-state index in [0.29, 0.717) is 6.04 Å². The molecule has 0 saturated carbocycles. The molecule has 1 saturated heterocycles. The maximum Gasteiger partial charge on any atom is 0.0474 e. The Bertz CT molecular complexity index is 147. The van der Waals surface area contributed by atoms with Crippen molar-refractivity contribution in [2.75, 3.05) is 33.5 Å². The summed E-state index contributed by atoms with van der Waals surface area (Å²) in [6.07, 6.45) is 4.87. The Kier molecular flexibility index (Phi) is 6.98. The Morgan fingerprint density at radius 1 is 1.40 bits per heavy atom. The third-order valence-electron chi connectivity index (χ3n) is 3.05. The molecule has 0 bridgehead atoms. The molecule has 0 aromatic carbocycles. The van der Waals surface area contributed by atoms with Gasteiger partial charge in [-0.1, -0.05) is 0 Å². The topological polar surface area (TPSA) is 30.5 Å². The molecule has 1 fully saturated rings. The number of ether oxygens (including phenoxy) is 2. The summed E-state index contributed by atoms with van der Waals surface area (Å²) in [4.78, 5) is 0. The molecular formula is C12H25NO2. The van der Waals surface area contributed by atoms with Crippen LogP contribution in [-0.2, 0) is 9.47 Å². The largest absolute Gasteiger partial charge is 0.385 e. The second-order valence-corrected chi connectivity index (χ2v) is 4.49. The fourth-order valence-corrected chi connectivity index (χ4v) is 2.13. The Morgan fingerprint density at radius 2 is 2.13 bits per heavy atom. The quantitative estimate of drug-likeness (QED) is 0.657. The molecule has 1 heterocycles. The first-order valence-electron chi connectivity index (χ1n) is 6.13. The van der Waals surface area contributed by atoms with Crippen LogP contribution >= 0.6 is 0 Å². The van der Waals surface area contributed by atoms with Crippen LogP contribution in [0.3, 0.4) is 0 Å². The summed E-state index contributed by atoms with van der Waals surface area (Å²) in [5.41, 5.74) is 0. The second-order valence-electron chi connectivity index (χ2n) is 4.49. The molecule has 0 spiro atoms. The monoisotopic (exact) mass is 215 g/mol. The summed E-state index contributed by atoms with van der Waals surface area (Å²) in [5, 5.41) is 3.54. The van der Waals surface area contributed by atoms with Crippen molar-refractivity contribution in [1.82, 2.24) is 5.32 Å². The fourth-order valence-electron chi connectivity index (χ4n) is 2.13. The normalized spacial score (nSPS) is 20.4. The third kappa shape index (κ3) is 6.13. The van der Waals surface area contributed by atoms with E-state index in [1.165, 1.54) is 19.3 Å². The first kappa shape index (κ1) is 12.9. The number of rotatable bonds is 7. The standard InChI is InChI=1S/C12H25NO2/c1-11(13-6-3-7-14-2)10-12-4-8-15-9-5-12/h11-13H,3-10H2,1-2H3. The fraction of sp³-hybridized carbons (Fsp3) is 1.00. The molecule has 1 rings (SSSR count). The zero-order chi connectivity index (χ0) is 10.9. The lowest BCUT2D eigenvalue weighted by Gasteiger charge is -2.25. The molecule has 1 N–H and O–H groups in total. The van der Waals surface area contributed by atoms with Crippen LogP contribution in [0.15, 0.2) is 0 Å². The van der Waals surface area contributed by atoms with Crippen LogP contribution in [0.4, 0.5) is 0 Å². The minimum Gasteiger partial charge on any atom is -0.385 e. The lowest BCUT2D eigenvalue weighted by Crippen LogP contribution is -2.31. The molecule has 0 aromatic heterocycles. The van der Waals surface area contributed by atoms with Gasteiger partial charge in [0.1, 0.15) is 0 Å². The Hall–Kier alpha value is -0.120. The van der Waals surface area contributed by atoms with Crippen LogP contribution in [0, 0.1) is 5.92 Å². The van der Waals surface area contributed by atoms with Gasteiger partial charge < -0.3 is 14.8 Å². The summed E-state index contributed by atoms with van der Waals surface area (Å²) >= 11 is 0. The molecule has 0 amide bonds. The zero-order valence-corrected chi connectivity index (χ0v) is 10.1. The van der Waals surface area contributed by atoms with Gasteiger partial charge in [-0.05, 0) is 45.1 Å².